The van der Waals surface area contributed by atoms with Gasteiger partial charge in [0.1, 0.15) is 23.9 Å². The Morgan fingerprint density at radius 3 is 2.31 bits per heavy atom. The van der Waals surface area contributed by atoms with Crippen LogP contribution in [0.15, 0.2) is 72.8 Å². The molecule has 0 radical (unpaired) electrons. The van der Waals surface area contributed by atoms with Gasteiger partial charge in [-0.15, -0.1) is 0 Å². The van der Waals surface area contributed by atoms with Crippen molar-refractivity contribution in [2.75, 3.05) is 26.2 Å². The number of rotatable bonds is 17. The lowest BCUT2D eigenvalue weighted by atomic mass is 10.2. The molecule has 0 fully saturated rings. The van der Waals surface area contributed by atoms with Gasteiger partial charge in [-0.1, -0.05) is 69.7 Å². The third-order valence-electron chi connectivity index (χ3n) is 7.10. The van der Waals surface area contributed by atoms with Gasteiger partial charge < -0.3 is 24.3 Å². The van der Waals surface area contributed by atoms with Crippen molar-refractivity contribution in [1.29, 1.82) is 0 Å². The molecule has 0 spiro atoms. The lowest BCUT2D eigenvalue weighted by Crippen LogP contribution is -2.25. The predicted octanol–water partition coefficient (Wildman–Crippen LogP) is 6.82. The number of hydrogen-bond acceptors (Lipinski definition) is 5. The molecular weight excluding hydrogens is 484 g/mol. The lowest BCUT2D eigenvalue weighted by Gasteiger charge is -2.17. The predicted molar refractivity (Wildman–Crippen MR) is 160 cm³/mol. The van der Waals surface area contributed by atoms with E-state index in [0.717, 1.165) is 86.9 Å². The van der Waals surface area contributed by atoms with Crippen molar-refractivity contribution in [3.8, 4) is 11.5 Å². The summed E-state index contributed by atoms with van der Waals surface area (Å²) in [5, 5.41) is 3.59. The second-order valence-electron chi connectivity index (χ2n) is 9.93. The summed E-state index contributed by atoms with van der Waals surface area (Å²) in [6.07, 6.45) is 3.30. The third-order valence-corrected chi connectivity index (χ3v) is 7.10. The molecule has 1 N–H and O–H groups in total. The summed E-state index contributed by atoms with van der Waals surface area (Å²) in [6.45, 7) is 13.7. The summed E-state index contributed by atoms with van der Waals surface area (Å²) in [6, 6.07) is 24.9. The van der Waals surface area contributed by atoms with Crippen molar-refractivity contribution in [2.24, 2.45) is 0 Å². The minimum atomic E-state index is 0.579. The SMILES string of the molecule is CCCCn1c(CNCc2ccc(OCc3ccccc3)cc2)nc2ccc(OCCCN(CC)CC)cc21. The van der Waals surface area contributed by atoms with Gasteiger partial charge in [-0.25, -0.2) is 4.98 Å². The summed E-state index contributed by atoms with van der Waals surface area (Å²) in [4.78, 5) is 7.40. The summed E-state index contributed by atoms with van der Waals surface area (Å²) >= 11 is 0. The Balaban J connectivity index is 1.33. The first-order valence-corrected chi connectivity index (χ1v) is 14.5. The zero-order valence-corrected chi connectivity index (χ0v) is 23.9. The number of benzene rings is 3. The Morgan fingerprint density at radius 1 is 0.795 bits per heavy atom. The number of imidazole rings is 1. The topological polar surface area (TPSA) is 51.6 Å². The molecule has 4 rings (SSSR count). The molecule has 0 aliphatic heterocycles. The third kappa shape index (κ3) is 8.57. The van der Waals surface area contributed by atoms with Gasteiger partial charge in [0.2, 0.25) is 0 Å². The van der Waals surface area contributed by atoms with E-state index in [1.165, 1.54) is 11.1 Å². The van der Waals surface area contributed by atoms with E-state index < -0.39 is 0 Å². The van der Waals surface area contributed by atoms with Gasteiger partial charge in [0.15, 0.2) is 0 Å². The molecule has 208 valence electrons. The Hall–Kier alpha value is -3.35. The van der Waals surface area contributed by atoms with Crippen molar-refractivity contribution in [1.82, 2.24) is 19.8 Å². The maximum atomic E-state index is 6.12. The van der Waals surface area contributed by atoms with Crippen molar-refractivity contribution >= 4 is 11.0 Å². The number of unbranched alkanes of at least 4 members (excludes halogenated alkanes) is 1. The fourth-order valence-electron chi connectivity index (χ4n) is 4.72. The van der Waals surface area contributed by atoms with Crippen LogP contribution in [0.5, 0.6) is 11.5 Å². The van der Waals surface area contributed by atoms with Gasteiger partial charge in [-0.2, -0.15) is 0 Å². The second kappa shape index (κ2) is 15.3. The van der Waals surface area contributed by atoms with Crippen LogP contribution in [-0.2, 0) is 26.2 Å². The van der Waals surface area contributed by atoms with Crippen LogP contribution in [0.2, 0.25) is 0 Å². The number of hydrogen-bond donors (Lipinski definition) is 1. The van der Waals surface area contributed by atoms with Crippen LogP contribution in [-0.4, -0.2) is 40.7 Å². The van der Waals surface area contributed by atoms with Gasteiger partial charge in [-0.05, 0) is 61.3 Å². The van der Waals surface area contributed by atoms with Crippen LogP contribution in [0.3, 0.4) is 0 Å². The average molecular weight is 529 g/mol. The molecule has 0 bridgehead atoms. The molecule has 6 heteroatoms. The van der Waals surface area contributed by atoms with Crippen LogP contribution in [0.4, 0.5) is 0 Å². The molecule has 0 aliphatic carbocycles. The first-order valence-electron chi connectivity index (χ1n) is 14.5. The van der Waals surface area contributed by atoms with Gasteiger partial charge in [-0.3, -0.25) is 0 Å². The standard InChI is InChI=1S/C33H44N4O2/c1-4-7-21-37-32-23-30(38-22-11-20-36(5-2)6-3)18-19-31(32)35-33(37)25-34-24-27-14-16-29(17-15-27)39-26-28-12-9-8-10-13-28/h8-10,12-19,23,34H,4-7,11,20-22,24-26H2,1-3H3. The molecule has 0 saturated carbocycles. The minimum Gasteiger partial charge on any atom is -0.493 e. The van der Waals surface area contributed by atoms with E-state index in [9.17, 15) is 0 Å². The second-order valence-corrected chi connectivity index (χ2v) is 9.93. The molecule has 0 amide bonds. The summed E-state index contributed by atoms with van der Waals surface area (Å²) in [5.41, 5.74) is 4.57. The van der Waals surface area contributed by atoms with Crippen LogP contribution in [0.25, 0.3) is 11.0 Å². The molecule has 0 saturated heterocycles. The van der Waals surface area contributed by atoms with E-state index in [1.807, 2.05) is 30.3 Å². The van der Waals surface area contributed by atoms with Gasteiger partial charge in [0, 0.05) is 25.7 Å². The number of aryl methyl sites for hydroxylation is 1. The summed E-state index contributed by atoms with van der Waals surface area (Å²) in [5.74, 6) is 2.88. The fourth-order valence-corrected chi connectivity index (χ4v) is 4.72. The van der Waals surface area contributed by atoms with E-state index >= 15 is 0 Å². The summed E-state index contributed by atoms with van der Waals surface area (Å²) in [7, 11) is 0. The normalized spacial score (nSPS) is 11.4. The van der Waals surface area contributed by atoms with Crippen LogP contribution in [0.1, 0.15) is 57.0 Å². The van der Waals surface area contributed by atoms with Crippen molar-refractivity contribution in [3.05, 3.63) is 89.7 Å². The Kier molecular flexibility index (Phi) is 11.2. The van der Waals surface area contributed by atoms with Crippen molar-refractivity contribution < 1.29 is 9.47 Å². The molecule has 4 aromatic rings. The van der Waals surface area contributed by atoms with Crippen molar-refractivity contribution in [2.45, 2.75) is 66.3 Å². The van der Waals surface area contributed by atoms with Crippen LogP contribution >= 0.6 is 0 Å². The molecule has 0 aliphatic rings. The lowest BCUT2D eigenvalue weighted by molar-refractivity contribution is 0.249. The fraction of sp³-hybridized carbons (Fsp3) is 0.424. The molecule has 0 unspecified atom stereocenters. The highest BCUT2D eigenvalue weighted by Gasteiger charge is 2.12. The van der Waals surface area contributed by atoms with E-state index in [2.05, 4.69) is 78.0 Å². The van der Waals surface area contributed by atoms with Crippen LogP contribution < -0.4 is 14.8 Å². The molecule has 3 aromatic carbocycles. The molecular formula is C33H44N4O2. The van der Waals surface area contributed by atoms with E-state index in [1.54, 1.807) is 0 Å². The van der Waals surface area contributed by atoms with Crippen molar-refractivity contribution in [3.63, 3.8) is 0 Å². The molecule has 39 heavy (non-hydrogen) atoms. The van der Waals surface area contributed by atoms with E-state index in [-0.39, 0.29) is 0 Å². The number of fused-ring (bicyclic) bond motifs is 1. The first-order chi connectivity index (χ1) is 19.2. The molecule has 1 aromatic heterocycles. The average Bonchev–Trinajstić information content (AvgIpc) is 3.32. The Morgan fingerprint density at radius 2 is 1.56 bits per heavy atom. The maximum absolute atomic E-state index is 6.12. The highest BCUT2D eigenvalue weighted by atomic mass is 16.5. The quantitative estimate of drug-likeness (QED) is 0.153. The Bertz CT molecular complexity index is 1250. The first kappa shape index (κ1) is 28.7. The highest BCUT2D eigenvalue weighted by Crippen LogP contribution is 2.23. The monoisotopic (exact) mass is 528 g/mol. The van der Waals surface area contributed by atoms with Gasteiger partial charge in [0.05, 0.1) is 24.2 Å². The number of ether oxygens (including phenoxy) is 2. The Labute approximate surface area is 234 Å². The molecule has 0 atom stereocenters. The number of nitrogens with zero attached hydrogens (tertiary/aromatic N) is 3. The van der Waals surface area contributed by atoms with E-state index in [4.69, 9.17) is 14.5 Å². The van der Waals surface area contributed by atoms with Crippen LogP contribution in [0, 0.1) is 0 Å². The molecule has 1 heterocycles. The summed E-state index contributed by atoms with van der Waals surface area (Å²) < 4.78 is 14.4. The van der Waals surface area contributed by atoms with Gasteiger partial charge >= 0.3 is 0 Å². The smallest absolute Gasteiger partial charge is 0.123 e. The zero-order chi connectivity index (χ0) is 27.3. The highest BCUT2D eigenvalue weighted by molar-refractivity contribution is 5.77. The maximum Gasteiger partial charge on any atom is 0.123 e. The largest absolute Gasteiger partial charge is 0.493 e. The number of nitrogens with one attached hydrogen (secondary N) is 1. The molecule has 6 nitrogen and oxygen atoms in total. The number of aromatic nitrogens is 2. The zero-order valence-electron chi connectivity index (χ0n) is 23.9. The minimum absolute atomic E-state index is 0.579. The van der Waals surface area contributed by atoms with E-state index in [0.29, 0.717) is 13.2 Å². The van der Waals surface area contributed by atoms with Gasteiger partial charge in [0.25, 0.3) is 0 Å².